The van der Waals surface area contributed by atoms with E-state index in [1.165, 1.54) is 10.3 Å². The second kappa shape index (κ2) is 7.55. The van der Waals surface area contributed by atoms with Crippen LogP contribution in [0.5, 0.6) is 5.75 Å². The molecular weight excluding hydrogens is 360 g/mol. The van der Waals surface area contributed by atoms with Gasteiger partial charge in [0.1, 0.15) is 11.3 Å². The topological polar surface area (TPSA) is 73.4 Å². The summed E-state index contributed by atoms with van der Waals surface area (Å²) in [6, 6.07) is 12.4. The first-order chi connectivity index (χ1) is 13.0. The fourth-order valence-corrected chi connectivity index (χ4v) is 3.33. The quantitative estimate of drug-likeness (QED) is 0.524. The molecule has 2 aromatic carbocycles. The summed E-state index contributed by atoms with van der Waals surface area (Å²) in [6.07, 6.45) is 1.56. The lowest BCUT2D eigenvalue weighted by Crippen LogP contribution is -2.35. The molecule has 5 nitrogen and oxygen atoms in total. The first-order valence-corrected chi connectivity index (χ1v) is 8.78. The molecule has 0 saturated heterocycles. The summed E-state index contributed by atoms with van der Waals surface area (Å²) in [5, 5.41) is 12.6. The molecular formula is C21H18N2O3S. The van der Waals surface area contributed by atoms with Crippen molar-refractivity contribution < 1.29 is 9.90 Å². The summed E-state index contributed by atoms with van der Waals surface area (Å²) in [7, 11) is 0. The standard InChI is InChI=1S/C21H18N2O3S/c1-3-11-23(14-7-5-4-6-8-14)21(26)18-19(24)17-15(12-27)13(2)9-10-16(17)22-20(18)25/h3-10,12H,1,11H2,2H3,(H2,22,24,25). The van der Waals surface area contributed by atoms with Gasteiger partial charge in [-0.3, -0.25) is 9.59 Å². The predicted octanol–water partition coefficient (Wildman–Crippen LogP) is 3.72. The van der Waals surface area contributed by atoms with Crippen LogP contribution in [0.25, 0.3) is 10.9 Å². The molecule has 0 bridgehead atoms. The van der Waals surface area contributed by atoms with E-state index in [1.807, 2.05) is 13.0 Å². The monoisotopic (exact) mass is 378 g/mol. The Morgan fingerprint density at radius 3 is 2.59 bits per heavy atom. The van der Waals surface area contributed by atoms with Gasteiger partial charge in [0.2, 0.25) is 0 Å². The van der Waals surface area contributed by atoms with E-state index >= 15 is 0 Å². The molecule has 0 aliphatic rings. The zero-order chi connectivity index (χ0) is 19.6. The lowest BCUT2D eigenvalue weighted by molar-refractivity contribution is 0.0986. The highest BCUT2D eigenvalue weighted by atomic mass is 32.1. The molecule has 0 fully saturated rings. The fraction of sp³-hybridized carbons (Fsp3) is 0.0952. The molecule has 0 atom stereocenters. The maximum absolute atomic E-state index is 13.2. The van der Waals surface area contributed by atoms with Crippen molar-refractivity contribution in [2.45, 2.75) is 6.92 Å². The first-order valence-electron chi connectivity index (χ1n) is 8.31. The Hall–Kier alpha value is -3.25. The van der Waals surface area contributed by atoms with Crippen LogP contribution in [0.4, 0.5) is 5.69 Å². The number of rotatable bonds is 5. The lowest BCUT2D eigenvalue weighted by atomic mass is 10.0. The summed E-state index contributed by atoms with van der Waals surface area (Å²) < 4.78 is 0. The molecule has 1 heterocycles. The van der Waals surface area contributed by atoms with Crippen molar-refractivity contribution >= 4 is 40.1 Å². The largest absolute Gasteiger partial charge is 0.506 e. The van der Waals surface area contributed by atoms with Gasteiger partial charge in [-0.05, 0) is 30.7 Å². The Kier molecular flexibility index (Phi) is 5.19. The van der Waals surface area contributed by atoms with E-state index in [4.69, 9.17) is 12.2 Å². The van der Waals surface area contributed by atoms with E-state index in [1.54, 1.807) is 42.5 Å². The smallest absolute Gasteiger partial charge is 0.268 e. The van der Waals surface area contributed by atoms with Crippen LogP contribution in [0.1, 0.15) is 21.5 Å². The minimum Gasteiger partial charge on any atom is -0.506 e. The predicted molar refractivity (Wildman–Crippen MR) is 112 cm³/mol. The van der Waals surface area contributed by atoms with E-state index in [2.05, 4.69) is 11.6 Å². The number of H-pyrrole nitrogens is 1. The summed E-state index contributed by atoms with van der Waals surface area (Å²) in [6.45, 7) is 5.71. The van der Waals surface area contributed by atoms with Crippen molar-refractivity contribution in [3.63, 3.8) is 0 Å². The summed E-state index contributed by atoms with van der Waals surface area (Å²) in [5.41, 5.74) is 1.47. The van der Waals surface area contributed by atoms with Gasteiger partial charge in [-0.15, -0.1) is 6.58 Å². The second-order valence-electron chi connectivity index (χ2n) is 6.05. The number of anilines is 1. The average Bonchev–Trinajstić information content (AvgIpc) is 2.67. The molecule has 3 rings (SSSR count). The number of aryl methyl sites for hydroxylation is 1. The molecule has 0 aliphatic carbocycles. The molecule has 0 unspecified atom stereocenters. The molecule has 0 aliphatic heterocycles. The van der Waals surface area contributed by atoms with Gasteiger partial charge in [0.05, 0.1) is 5.52 Å². The summed E-state index contributed by atoms with van der Waals surface area (Å²) in [5.74, 6) is -0.984. The minimum absolute atomic E-state index is 0.188. The Morgan fingerprint density at radius 1 is 1.26 bits per heavy atom. The van der Waals surface area contributed by atoms with Crippen molar-refractivity contribution in [3.8, 4) is 5.75 Å². The first kappa shape index (κ1) is 18.5. The van der Waals surface area contributed by atoms with Gasteiger partial charge in [0.15, 0.2) is 0 Å². The number of nitrogens with zero attached hydrogens (tertiary/aromatic N) is 1. The zero-order valence-corrected chi connectivity index (χ0v) is 15.5. The maximum Gasteiger partial charge on any atom is 0.268 e. The van der Waals surface area contributed by atoms with Crippen molar-refractivity contribution in [1.82, 2.24) is 4.98 Å². The van der Waals surface area contributed by atoms with Crippen LogP contribution >= 0.6 is 12.2 Å². The number of carbonyl (C=O) groups excluding carboxylic acids is 1. The van der Waals surface area contributed by atoms with Crippen LogP contribution in [0.2, 0.25) is 0 Å². The number of amides is 1. The van der Waals surface area contributed by atoms with E-state index in [0.717, 1.165) is 5.56 Å². The van der Waals surface area contributed by atoms with Gasteiger partial charge in [-0.2, -0.15) is 0 Å². The molecule has 0 spiro atoms. The van der Waals surface area contributed by atoms with Crippen molar-refractivity contribution in [2.24, 2.45) is 0 Å². The third-order valence-corrected chi connectivity index (χ3v) is 4.60. The van der Waals surface area contributed by atoms with Gasteiger partial charge in [0, 0.05) is 28.5 Å². The van der Waals surface area contributed by atoms with Gasteiger partial charge in [-0.25, -0.2) is 0 Å². The number of fused-ring (bicyclic) bond motifs is 1. The highest BCUT2D eigenvalue weighted by Crippen LogP contribution is 2.31. The molecule has 27 heavy (non-hydrogen) atoms. The van der Waals surface area contributed by atoms with Crippen molar-refractivity contribution in [1.29, 1.82) is 0 Å². The van der Waals surface area contributed by atoms with Gasteiger partial charge in [0.25, 0.3) is 11.5 Å². The highest BCUT2D eigenvalue weighted by Gasteiger charge is 2.26. The van der Waals surface area contributed by atoms with Crippen LogP contribution in [0.3, 0.4) is 0 Å². The normalized spacial score (nSPS) is 10.6. The fourth-order valence-electron chi connectivity index (χ4n) is 3.03. The number of aromatic nitrogens is 1. The molecule has 2 N–H and O–H groups in total. The number of benzene rings is 2. The van der Waals surface area contributed by atoms with Crippen LogP contribution in [0, 0.1) is 6.92 Å². The van der Waals surface area contributed by atoms with Crippen LogP contribution < -0.4 is 10.5 Å². The Balaban J connectivity index is 2.26. The number of hydrogen-bond acceptors (Lipinski definition) is 4. The average molecular weight is 378 g/mol. The van der Waals surface area contributed by atoms with Crippen LogP contribution in [-0.2, 0) is 0 Å². The van der Waals surface area contributed by atoms with Crippen molar-refractivity contribution in [2.75, 3.05) is 11.4 Å². The van der Waals surface area contributed by atoms with Crippen LogP contribution in [0.15, 0.2) is 59.9 Å². The number of pyridine rings is 1. The van der Waals surface area contributed by atoms with E-state index in [0.29, 0.717) is 22.2 Å². The summed E-state index contributed by atoms with van der Waals surface area (Å²) >= 11 is 5.07. The SMILES string of the molecule is C=CCN(C(=O)c1c(O)c2c(C=S)c(C)ccc2[nH]c1=O)c1ccccc1. The molecule has 136 valence electrons. The number of nitrogens with one attached hydrogen (secondary N) is 1. The Bertz CT molecular complexity index is 1100. The van der Waals surface area contributed by atoms with Crippen LogP contribution in [-0.4, -0.2) is 27.9 Å². The number of aromatic hydroxyl groups is 1. The van der Waals surface area contributed by atoms with Crippen molar-refractivity contribution in [3.05, 3.63) is 82.2 Å². The molecule has 1 aromatic heterocycles. The molecule has 6 heteroatoms. The number of carbonyl (C=O) groups is 1. The van der Waals surface area contributed by atoms with Gasteiger partial charge >= 0.3 is 0 Å². The molecule has 0 saturated carbocycles. The Morgan fingerprint density at radius 2 is 1.96 bits per heavy atom. The van der Waals surface area contributed by atoms with E-state index in [9.17, 15) is 14.7 Å². The Labute approximate surface area is 161 Å². The molecule has 0 radical (unpaired) electrons. The van der Waals surface area contributed by atoms with E-state index in [-0.39, 0.29) is 17.9 Å². The number of aromatic amines is 1. The highest BCUT2D eigenvalue weighted by molar-refractivity contribution is 7.79. The zero-order valence-electron chi connectivity index (χ0n) is 14.7. The third kappa shape index (κ3) is 3.27. The molecule has 3 aromatic rings. The number of thiocarbonyl (C=S) groups is 1. The third-order valence-electron chi connectivity index (χ3n) is 4.37. The second-order valence-corrected chi connectivity index (χ2v) is 6.29. The number of hydrogen-bond donors (Lipinski definition) is 2. The van der Waals surface area contributed by atoms with Gasteiger partial charge < -0.3 is 15.0 Å². The van der Waals surface area contributed by atoms with Gasteiger partial charge in [-0.1, -0.05) is 42.6 Å². The maximum atomic E-state index is 13.2. The lowest BCUT2D eigenvalue weighted by Gasteiger charge is -2.22. The molecule has 1 amide bonds. The number of para-hydroxylation sites is 1. The minimum atomic E-state index is -0.658. The summed E-state index contributed by atoms with van der Waals surface area (Å²) in [4.78, 5) is 29.8. The van der Waals surface area contributed by atoms with E-state index < -0.39 is 11.5 Å².